The van der Waals surface area contributed by atoms with Gasteiger partial charge in [-0.25, -0.2) is 0 Å². The van der Waals surface area contributed by atoms with E-state index >= 15 is 0 Å². The van der Waals surface area contributed by atoms with E-state index in [0.29, 0.717) is 17.8 Å². The molecule has 18 heteroatoms. The van der Waals surface area contributed by atoms with E-state index in [1.165, 1.54) is 32.2 Å². The summed E-state index contributed by atoms with van der Waals surface area (Å²) in [4.78, 5) is 17.4. The Balaban J connectivity index is -0.000000565. The number of hydrogen-bond donors (Lipinski definition) is 2. The van der Waals surface area contributed by atoms with E-state index < -0.39 is 0 Å². The number of aromatic nitrogens is 6. The zero-order valence-corrected chi connectivity index (χ0v) is 32.5. The van der Waals surface area contributed by atoms with Gasteiger partial charge in [0.2, 0.25) is 25.1 Å². The third-order valence-electron chi connectivity index (χ3n) is 7.42. The van der Waals surface area contributed by atoms with Crippen LogP contribution in [0.15, 0.2) is 13.6 Å². The monoisotopic (exact) mass is 717 g/mol. The van der Waals surface area contributed by atoms with Crippen molar-refractivity contribution < 1.29 is 18.6 Å². The molecule has 0 bridgehead atoms. The van der Waals surface area contributed by atoms with Crippen molar-refractivity contribution in [3.8, 4) is 0 Å². The van der Waals surface area contributed by atoms with E-state index in [2.05, 4.69) is 66.7 Å². The molecule has 3 aromatic heterocycles. The Hall–Kier alpha value is -1.32. The molecular formula is C29H64B2N9O4P3. The summed E-state index contributed by atoms with van der Waals surface area (Å²) in [7, 11) is 5.27. The Labute approximate surface area is 295 Å². The molecule has 0 amide bonds. The summed E-state index contributed by atoms with van der Waals surface area (Å²) in [5.41, 5.74) is 0. The standard InChI is InChI=1S/C9H15BN3O.C9H15N3O.C8H13N3O.CH4BO.2CH4.3H3P/c1-7-11-9(14-12-7)8-4-3-5-13(6-8)10-2;1-7-10-9(13-11-7)8-4-3-5-12(2)6-8;1-6-10-8(12-11-6)7-3-2-4-9-5-7;1-2-3;;;;;/h8H,3-6H2,1-2H3;8H,3-6H2,1-2H3;7,9H,2-5H2,1H3;3H,1H3;2*1H4;3*1H3. The van der Waals surface area contributed by atoms with Crippen LogP contribution >= 0.6 is 29.7 Å². The maximum atomic E-state index is 7.44. The van der Waals surface area contributed by atoms with Crippen LogP contribution in [0, 0.1) is 20.8 Å². The zero-order chi connectivity index (χ0) is 30.3. The van der Waals surface area contributed by atoms with Crippen molar-refractivity contribution in [2.24, 2.45) is 0 Å². The number of likely N-dealkylation sites (tertiary alicyclic amines) is 1. The summed E-state index contributed by atoms with van der Waals surface area (Å²) in [6, 6.07) is 0. The molecule has 0 spiro atoms. The van der Waals surface area contributed by atoms with Crippen LogP contribution < -0.4 is 5.32 Å². The first-order valence-electron chi connectivity index (χ1n) is 15.1. The minimum absolute atomic E-state index is 0. The van der Waals surface area contributed by atoms with Gasteiger partial charge in [-0.15, -0.1) is 0 Å². The van der Waals surface area contributed by atoms with Crippen molar-refractivity contribution in [1.82, 2.24) is 45.4 Å². The molecular weight excluding hydrogens is 653 g/mol. The summed E-state index contributed by atoms with van der Waals surface area (Å²) in [5, 5.41) is 22.2. The highest BCUT2D eigenvalue weighted by Gasteiger charge is 2.25. The SMILES string of the molecule is C.C.C[B]N1CCCC(c2nc(C)no2)C1.C[B]O.Cc1noc(C2CCCN(C)C2)n1.Cc1noc(C2CCCNC2)n1.P.P.P. The zero-order valence-electron chi connectivity index (χ0n) is 28.2. The summed E-state index contributed by atoms with van der Waals surface area (Å²) >= 11 is 0. The predicted molar refractivity (Wildman–Crippen MR) is 207 cm³/mol. The molecule has 2 radical (unpaired) electrons. The lowest BCUT2D eigenvalue weighted by molar-refractivity contribution is 0.220. The van der Waals surface area contributed by atoms with Gasteiger partial charge in [-0.3, -0.25) is 0 Å². The molecule has 47 heavy (non-hydrogen) atoms. The highest BCUT2D eigenvalue weighted by molar-refractivity contribution is 6.92. The van der Waals surface area contributed by atoms with Gasteiger partial charge in [-0.05, 0) is 92.5 Å². The number of likely N-dealkylation sites (N-methyl/N-ethyl adjacent to an activating group) is 1. The lowest BCUT2D eigenvalue weighted by Crippen LogP contribution is -2.35. The smallest absolute Gasteiger partial charge is 0.283 e. The molecule has 6 atom stereocenters. The van der Waals surface area contributed by atoms with Crippen LogP contribution in [-0.4, -0.2) is 106 Å². The van der Waals surface area contributed by atoms with Crippen LogP contribution in [0.5, 0.6) is 0 Å². The number of rotatable bonds is 4. The van der Waals surface area contributed by atoms with E-state index in [1.54, 1.807) is 6.82 Å². The van der Waals surface area contributed by atoms with E-state index in [4.69, 9.17) is 18.6 Å². The summed E-state index contributed by atoms with van der Waals surface area (Å²) < 4.78 is 15.5. The van der Waals surface area contributed by atoms with Crippen LogP contribution in [0.25, 0.3) is 0 Å². The van der Waals surface area contributed by atoms with Crippen molar-refractivity contribution in [3.05, 3.63) is 35.1 Å². The molecule has 0 aromatic carbocycles. The van der Waals surface area contributed by atoms with E-state index in [1.807, 2.05) is 20.8 Å². The maximum Gasteiger partial charge on any atom is 0.283 e. The summed E-state index contributed by atoms with van der Waals surface area (Å²) in [5.74, 6) is 5.90. The van der Waals surface area contributed by atoms with Gasteiger partial charge in [0.25, 0.3) is 7.48 Å². The third kappa shape index (κ3) is 17.8. The molecule has 6 unspecified atom stereocenters. The number of piperidine rings is 3. The lowest BCUT2D eigenvalue weighted by atomic mass is 9.88. The average Bonchev–Trinajstić information content (AvgIpc) is 3.76. The van der Waals surface area contributed by atoms with Crippen molar-refractivity contribution >= 4 is 44.6 Å². The molecule has 0 aliphatic carbocycles. The molecule has 6 rings (SSSR count). The molecule has 0 saturated carbocycles. The molecule has 3 saturated heterocycles. The van der Waals surface area contributed by atoms with Crippen LogP contribution in [-0.2, 0) is 0 Å². The normalized spacial score (nSPS) is 20.4. The summed E-state index contributed by atoms with van der Waals surface area (Å²) in [6.45, 7) is 15.7. The maximum absolute atomic E-state index is 7.44. The van der Waals surface area contributed by atoms with Crippen molar-refractivity contribution in [3.63, 3.8) is 0 Å². The van der Waals surface area contributed by atoms with Crippen molar-refractivity contribution in [2.75, 3.05) is 46.3 Å². The minimum Gasteiger partial charge on any atom is -0.455 e. The second-order valence-electron chi connectivity index (χ2n) is 11.0. The summed E-state index contributed by atoms with van der Waals surface area (Å²) in [6.07, 6.45) is 7.12. The van der Waals surface area contributed by atoms with Crippen LogP contribution in [0.4, 0.5) is 0 Å². The van der Waals surface area contributed by atoms with Crippen LogP contribution in [0.3, 0.4) is 0 Å². The number of hydrogen-bond acceptors (Lipinski definition) is 13. The topological polar surface area (TPSA) is 156 Å². The predicted octanol–water partition coefficient (Wildman–Crippen LogP) is 4.35. The molecule has 6 heterocycles. The van der Waals surface area contributed by atoms with Crippen LogP contribution in [0.2, 0.25) is 13.6 Å². The largest absolute Gasteiger partial charge is 0.455 e. The van der Waals surface area contributed by atoms with Crippen molar-refractivity contribution in [2.45, 2.75) is 106 Å². The molecule has 270 valence electrons. The fraction of sp³-hybridized carbons (Fsp3) is 0.793. The first-order valence-corrected chi connectivity index (χ1v) is 15.1. The van der Waals surface area contributed by atoms with Gasteiger partial charge < -0.3 is 33.6 Å². The van der Waals surface area contributed by atoms with E-state index in [-0.39, 0.29) is 44.6 Å². The number of nitrogens with zero attached hydrogens (tertiary/aromatic N) is 8. The first kappa shape index (κ1) is 50.1. The Morgan fingerprint density at radius 3 is 1.51 bits per heavy atom. The second-order valence-corrected chi connectivity index (χ2v) is 11.0. The number of aryl methyl sites for hydroxylation is 3. The van der Waals surface area contributed by atoms with Crippen LogP contribution in [0.1, 0.15) is 106 Å². The Morgan fingerprint density at radius 1 is 0.702 bits per heavy atom. The highest BCUT2D eigenvalue weighted by atomic mass is 31.0. The number of nitrogens with one attached hydrogen (secondary N) is 1. The van der Waals surface area contributed by atoms with Gasteiger partial charge in [0.1, 0.15) is 0 Å². The Kier molecular flexibility index (Phi) is 29.3. The van der Waals surface area contributed by atoms with Gasteiger partial charge in [0, 0.05) is 13.1 Å². The Bertz CT molecular complexity index is 1160. The molecule has 2 N–H and O–H groups in total. The van der Waals surface area contributed by atoms with E-state index in [9.17, 15) is 0 Å². The average molecular weight is 717 g/mol. The van der Waals surface area contributed by atoms with E-state index in [0.717, 1.165) is 88.2 Å². The van der Waals surface area contributed by atoms with Gasteiger partial charge >= 0.3 is 0 Å². The fourth-order valence-electron chi connectivity index (χ4n) is 5.31. The molecule has 13 nitrogen and oxygen atoms in total. The van der Waals surface area contributed by atoms with Crippen molar-refractivity contribution in [1.29, 1.82) is 0 Å². The fourth-order valence-corrected chi connectivity index (χ4v) is 5.31. The van der Waals surface area contributed by atoms with Gasteiger partial charge in [0.05, 0.1) is 17.8 Å². The van der Waals surface area contributed by atoms with Gasteiger partial charge in [-0.1, -0.05) is 44.0 Å². The minimum atomic E-state index is 0. The Morgan fingerprint density at radius 2 is 1.13 bits per heavy atom. The van der Waals surface area contributed by atoms with Gasteiger partial charge in [0.15, 0.2) is 17.5 Å². The molecule has 3 aromatic rings. The first-order chi connectivity index (χ1) is 20.3. The molecule has 3 aliphatic heterocycles. The lowest BCUT2D eigenvalue weighted by Gasteiger charge is -2.29. The molecule has 3 aliphatic rings. The third-order valence-corrected chi connectivity index (χ3v) is 7.42. The highest BCUT2D eigenvalue weighted by Crippen LogP contribution is 2.26. The van der Waals surface area contributed by atoms with Gasteiger partial charge in [-0.2, -0.15) is 44.6 Å². The molecule has 3 fully saturated rings. The quantitative estimate of drug-likeness (QED) is 0.291. The second kappa shape index (κ2) is 27.5.